The largest absolute Gasteiger partial charge is 0.435 e. The number of nitrogens with one attached hydrogen (secondary N) is 1. The summed E-state index contributed by atoms with van der Waals surface area (Å²) < 4.78 is 38.4. The van der Waals surface area contributed by atoms with Crippen molar-refractivity contribution in [2.45, 2.75) is 26.1 Å². The molecule has 22 heavy (non-hydrogen) atoms. The van der Waals surface area contributed by atoms with Crippen LogP contribution in [0.25, 0.3) is 0 Å². The molecule has 0 aliphatic rings. The number of hydrogen-bond acceptors (Lipinski definition) is 4. The number of rotatable bonds is 4. The molecular formula is C14H14F3N3OS. The molecule has 0 spiro atoms. The first-order chi connectivity index (χ1) is 10.3. The summed E-state index contributed by atoms with van der Waals surface area (Å²) in [4.78, 5) is 14.7. The van der Waals surface area contributed by atoms with E-state index in [4.69, 9.17) is 5.73 Å². The Morgan fingerprint density at radius 3 is 2.55 bits per heavy atom. The maximum atomic E-state index is 12.8. The summed E-state index contributed by atoms with van der Waals surface area (Å²) in [5.41, 5.74) is 5.95. The summed E-state index contributed by atoms with van der Waals surface area (Å²) in [5, 5.41) is 2.21. The van der Waals surface area contributed by atoms with Crippen LogP contribution in [0, 0.1) is 0 Å². The Kier molecular flexibility index (Phi) is 4.70. The number of nitrogen functional groups attached to an aromatic ring is 1. The van der Waals surface area contributed by atoms with Gasteiger partial charge < -0.3 is 11.1 Å². The van der Waals surface area contributed by atoms with Crippen LogP contribution in [0.4, 0.5) is 18.3 Å². The predicted molar refractivity (Wildman–Crippen MR) is 78.5 cm³/mol. The Morgan fingerprint density at radius 1 is 1.32 bits per heavy atom. The van der Waals surface area contributed by atoms with Crippen molar-refractivity contribution in [1.82, 2.24) is 10.3 Å². The standard InChI is InChI=1S/C14H14F3N3OS/c1-2-8-5-3-4-6-9(8)7-19-12(21)10-11(14(15,16)17)20-13(18)22-10/h3-6H,2,7H2,1H3,(H2,18,20)(H,19,21). The second kappa shape index (κ2) is 6.35. The molecule has 1 aromatic heterocycles. The van der Waals surface area contributed by atoms with Crippen LogP contribution in [0.15, 0.2) is 24.3 Å². The van der Waals surface area contributed by atoms with Crippen molar-refractivity contribution in [3.05, 3.63) is 46.0 Å². The van der Waals surface area contributed by atoms with Crippen LogP contribution >= 0.6 is 11.3 Å². The van der Waals surface area contributed by atoms with E-state index >= 15 is 0 Å². The van der Waals surface area contributed by atoms with E-state index in [-0.39, 0.29) is 11.7 Å². The van der Waals surface area contributed by atoms with Crippen molar-refractivity contribution in [1.29, 1.82) is 0 Å². The molecule has 2 rings (SSSR count). The second-order valence-electron chi connectivity index (χ2n) is 4.53. The maximum Gasteiger partial charge on any atom is 0.435 e. The number of amides is 1. The van der Waals surface area contributed by atoms with Crippen molar-refractivity contribution in [2.75, 3.05) is 5.73 Å². The van der Waals surface area contributed by atoms with Crippen molar-refractivity contribution >= 4 is 22.4 Å². The molecule has 1 amide bonds. The Balaban J connectivity index is 2.17. The molecule has 8 heteroatoms. The van der Waals surface area contributed by atoms with Gasteiger partial charge in [0.25, 0.3) is 5.91 Å². The van der Waals surface area contributed by atoms with Crippen LogP contribution in [0.5, 0.6) is 0 Å². The first kappa shape index (κ1) is 16.3. The van der Waals surface area contributed by atoms with Gasteiger partial charge in [-0.25, -0.2) is 4.98 Å². The minimum atomic E-state index is -4.71. The van der Waals surface area contributed by atoms with E-state index in [1.54, 1.807) is 0 Å². The van der Waals surface area contributed by atoms with E-state index in [1.807, 2.05) is 31.2 Å². The SMILES string of the molecule is CCc1ccccc1CNC(=O)c1sc(N)nc1C(F)(F)F. The van der Waals surface area contributed by atoms with Gasteiger partial charge in [0.2, 0.25) is 0 Å². The molecule has 0 bridgehead atoms. The minimum absolute atomic E-state index is 0.151. The van der Waals surface area contributed by atoms with Gasteiger partial charge in [-0.2, -0.15) is 13.2 Å². The number of alkyl halides is 3. The number of aromatic nitrogens is 1. The average molecular weight is 329 g/mol. The highest BCUT2D eigenvalue weighted by Crippen LogP contribution is 2.35. The summed E-state index contributed by atoms with van der Waals surface area (Å²) in [6.45, 7) is 2.12. The molecule has 1 heterocycles. The van der Waals surface area contributed by atoms with Crippen LogP contribution in [-0.4, -0.2) is 10.9 Å². The molecule has 0 aliphatic heterocycles. The molecule has 0 radical (unpaired) electrons. The first-order valence-corrected chi connectivity index (χ1v) is 7.33. The Labute approximate surface area is 129 Å². The van der Waals surface area contributed by atoms with Gasteiger partial charge in [0, 0.05) is 6.54 Å². The van der Waals surface area contributed by atoms with Gasteiger partial charge in [0.15, 0.2) is 10.8 Å². The highest BCUT2D eigenvalue weighted by Gasteiger charge is 2.39. The fourth-order valence-electron chi connectivity index (χ4n) is 2.01. The summed E-state index contributed by atoms with van der Waals surface area (Å²) in [7, 11) is 0. The van der Waals surface area contributed by atoms with Gasteiger partial charge in [0.1, 0.15) is 4.88 Å². The van der Waals surface area contributed by atoms with Crippen molar-refractivity contribution < 1.29 is 18.0 Å². The molecule has 2 aromatic rings. The summed E-state index contributed by atoms with van der Waals surface area (Å²) in [6.07, 6.45) is -3.94. The van der Waals surface area contributed by atoms with E-state index in [9.17, 15) is 18.0 Å². The summed E-state index contributed by atoms with van der Waals surface area (Å²) >= 11 is 0.529. The van der Waals surface area contributed by atoms with Gasteiger partial charge in [0.05, 0.1) is 0 Å². The van der Waals surface area contributed by atoms with E-state index < -0.39 is 22.7 Å². The highest BCUT2D eigenvalue weighted by atomic mass is 32.1. The van der Waals surface area contributed by atoms with Gasteiger partial charge >= 0.3 is 6.18 Å². The fourth-order valence-corrected chi connectivity index (χ4v) is 2.78. The Bertz CT molecular complexity index is 682. The number of benzene rings is 1. The molecule has 3 N–H and O–H groups in total. The van der Waals surface area contributed by atoms with Gasteiger partial charge in [-0.15, -0.1) is 0 Å². The molecule has 0 fully saturated rings. The molecule has 118 valence electrons. The molecule has 4 nitrogen and oxygen atoms in total. The van der Waals surface area contributed by atoms with Crippen LogP contribution in [-0.2, 0) is 19.1 Å². The zero-order valence-electron chi connectivity index (χ0n) is 11.7. The molecule has 0 aliphatic carbocycles. The molecule has 1 aromatic carbocycles. The topological polar surface area (TPSA) is 68.0 Å². The van der Waals surface area contributed by atoms with Crippen molar-refractivity contribution in [3.8, 4) is 0 Å². The van der Waals surface area contributed by atoms with Gasteiger partial charge in [-0.05, 0) is 17.5 Å². The van der Waals surface area contributed by atoms with E-state index in [1.165, 1.54) is 0 Å². The van der Waals surface area contributed by atoms with Crippen LogP contribution in [0.2, 0.25) is 0 Å². The van der Waals surface area contributed by atoms with Crippen LogP contribution in [0.1, 0.15) is 33.4 Å². The van der Waals surface area contributed by atoms with Crippen LogP contribution < -0.4 is 11.1 Å². The molecule has 0 unspecified atom stereocenters. The zero-order valence-corrected chi connectivity index (χ0v) is 12.5. The maximum absolute atomic E-state index is 12.8. The normalized spacial score (nSPS) is 11.5. The summed E-state index contributed by atoms with van der Waals surface area (Å²) in [6, 6.07) is 7.42. The third kappa shape index (κ3) is 3.56. The first-order valence-electron chi connectivity index (χ1n) is 6.51. The number of anilines is 1. The Hall–Kier alpha value is -2.09. The lowest BCUT2D eigenvalue weighted by molar-refractivity contribution is -0.141. The van der Waals surface area contributed by atoms with E-state index in [0.717, 1.165) is 17.5 Å². The third-order valence-electron chi connectivity index (χ3n) is 3.06. The van der Waals surface area contributed by atoms with Crippen LogP contribution in [0.3, 0.4) is 0 Å². The Morgan fingerprint density at radius 2 is 1.95 bits per heavy atom. The molecule has 0 atom stereocenters. The minimum Gasteiger partial charge on any atom is -0.375 e. The van der Waals surface area contributed by atoms with E-state index in [0.29, 0.717) is 11.3 Å². The number of carbonyl (C=O) groups excluding carboxylic acids is 1. The smallest absolute Gasteiger partial charge is 0.375 e. The molecular weight excluding hydrogens is 315 g/mol. The zero-order chi connectivity index (χ0) is 16.3. The predicted octanol–water partition coefficient (Wildman–Crippen LogP) is 3.24. The number of thiazole rings is 1. The lowest BCUT2D eigenvalue weighted by Gasteiger charge is -2.10. The number of nitrogens with zero attached hydrogens (tertiary/aromatic N) is 1. The van der Waals surface area contributed by atoms with Crippen molar-refractivity contribution in [2.24, 2.45) is 0 Å². The van der Waals surface area contributed by atoms with Crippen molar-refractivity contribution in [3.63, 3.8) is 0 Å². The fraction of sp³-hybridized carbons (Fsp3) is 0.286. The number of aryl methyl sites for hydroxylation is 1. The number of halogens is 3. The summed E-state index contributed by atoms with van der Waals surface area (Å²) in [5.74, 6) is -0.826. The van der Waals surface area contributed by atoms with Gasteiger partial charge in [-0.3, -0.25) is 4.79 Å². The molecule has 0 saturated heterocycles. The highest BCUT2D eigenvalue weighted by molar-refractivity contribution is 7.17. The number of carbonyl (C=O) groups is 1. The lowest BCUT2D eigenvalue weighted by atomic mass is 10.1. The monoisotopic (exact) mass is 329 g/mol. The number of hydrogen-bond donors (Lipinski definition) is 2. The van der Waals surface area contributed by atoms with E-state index in [2.05, 4.69) is 10.3 Å². The lowest BCUT2D eigenvalue weighted by Crippen LogP contribution is -2.25. The van der Waals surface area contributed by atoms with Gasteiger partial charge in [-0.1, -0.05) is 42.5 Å². The average Bonchev–Trinajstić information content (AvgIpc) is 2.87. The second-order valence-corrected chi connectivity index (χ2v) is 5.56. The third-order valence-corrected chi connectivity index (χ3v) is 3.94. The quantitative estimate of drug-likeness (QED) is 0.905. The molecule has 0 saturated carbocycles. The number of nitrogens with two attached hydrogens (primary N) is 1.